The van der Waals surface area contributed by atoms with Crippen molar-refractivity contribution in [2.24, 2.45) is 11.8 Å². The van der Waals surface area contributed by atoms with Crippen molar-refractivity contribution >= 4 is 17.7 Å². The van der Waals surface area contributed by atoms with Crippen LogP contribution in [0.15, 0.2) is 24.3 Å². The first kappa shape index (κ1) is 19.6. The molecular formula is C21H25ClFN3O2. The third kappa shape index (κ3) is 3.63. The Labute approximate surface area is 169 Å². The molecule has 4 rings (SSSR count). The van der Waals surface area contributed by atoms with Gasteiger partial charge in [-0.05, 0) is 79.8 Å². The molecule has 5 atom stereocenters. The van der Waals surface area contributed by atoms with E-state index < -0.39 is 5.60 Å². The lowest BCUT2D eigenvalue weighted by molar-refractivity contribution is -0.131. The second-order valence-corrected chi connectivity index (χ2v) is 8.96. The summed E-state index contributed by atoms with van der Waals surface area (Å²) in [5.41, 5.74) is -0.134. The van der Waals surface area contributed by atoms with Gasteiger partial charge in [0.2, 0.25) is 5.91 Å². The standard InChI is InChI=1S/C21H25ClFN3O2/c22-26(13-20(27)25-7-1-2-18(25)12-24)19-8-14-10-21(28,11-15(14)9-19)16-3-5-17(23)6-4-16/h3-6,14-15,18-19,28H,1-2,7-11,13H2/t14-,15+,18-,19?,21-/m0/s1. The predicted molar refractivity (Wildman–Crippen MR) is 102 cm³/mol. The Hall–Kier alpha value is -1.68. The highest BCUT2D eigenvalue weighted by Gasteiger charge is 2.50. The molecule has 2 aliphatic carbocycles. The summed E-state index contributed by atoms with van der Waals surface area (Å²) in [5, 5.41) is 20.2. The molecule has 5 nitrogen and oxygen atoms in total. The number of hydrogen-bond donors (Lipinski definition) is 1. The molecule has 1 heterocycles. The Morgan fingerprint density at radius 1 is 1.32 bits per heavy atom. The van der Waals surface area contributed by atoms with Gasteiger partial charge in [0.1, 0.15) is 11.9 Å². The van der Waals surface area contributed by atoms with Crippen LogP contribution in [0.25, 0.3) is 0 Å². The highest BCUT2D eigenvalue weighted by atomic mass is 35.5. The maximum Gasteiger partial charge on any atom is 0.239 e. The second-order valence-electron chi connectivity index (χ2n) is 8.52. The maximum absolute atomic E-state index is 13.2. The Morgan fingerprint density at radius 2 is 1.96 bits per heavy atom. The van der Waals surface area contributed by atoms with E-state index in [4.69, 9.17) is 17.0 Å². The summed E-state index contributed by atoms with van der Waals surface area (Å²) in [5.74, 6) is 0.300. The minimum absolute atomic E-state index is 0.0843. The largest absolute Gasteiger partial charge is 0.385 e. The molecule has 3 fully saturated rings. The average molecular weight is 406 g/mol. The molecular weight excluding hydrogens is 381 g/mol. The lowest BCUT2D eigenvalue weighted by Gasteiger charge is -2.28. The minimum Gasteiger partial charge on any atom is -0.385 e. The normalized spacial score (nSPS) is 34.6. The number of halogens is 2. The molecule has 1 aromatic rings. The van der Waals surface area contributed by atoms with Crippen molar-refractivity contribution in [1.29, 1.82) is 5.26 Å². The van der Waals surface area contributed by atoms with Gasteiger partial charge in [-0.3, -0.25) is 4.79 Å². The van der Waals surface area contributed by atoms with Gasteiger partial charge in [-0.2, -0.15) is 5.26 Å². The van der Waals surface area contributed by atoms with Crippen LogP contribution >= 0.6 is 11.8 Å². The second kappa shape index (κ2) is 7.62. The first-order valence-electron chi connectivity index (χ1n) is 9.99. The number of amides is 1. The Bertz CT molecular complexity index is 767. The molecule has 1 unspecified atom stereocenters. The van der Waals surface area contributed by atoms with Crippen LogP contribution in [0.4, 0.5) is 4.39 Å². The van der Waals surface area contributed by atoms with Crippen molar-refractivity contribution in [3.8, 4) is 6.07 Å². The number of hydrogen-bond acceptors (Lipinski definition) is 4. The summed E-state index contributed by atoms with van der Waals surface area (Å²) < 4.78 is 14.8. The highest BCUT2D eigenvalue weighted by Crippen LogP contribution is 2.53. The minimum atomic E-state index is -0.906. The number of benzene rings is 1. The van der Waals surface area contributed by atoms with Crippen LogP contribution in [0, 0.1) is 29.0 Å². The Kier molecular flexibility index (Phi) is 5.34. The Balaban J connectivity index is 1.34. The van der Waals surface area contributed by atoms with Crippen LogP contribution in [-0.2, 0) is 10.4 Å². The average Bonchev–Trinajstić information content (AvgIpc) is 3.35. The number of aliphatic hydroxyl groups is 1. The molecule has 28 heavy (non-hydrogen) atoms. The van der Waals surface area contributed by atoms with Crippen molar-refractivity contribution in [2.45, 2.75) is 56.2 Å². The van der Waals surface area contributed by atoms with Crippen LogP contribution in [-0.4, -0.2) is 45.5 Å². The van der Waals surface area contributed by atoms with Gasteiger partial charge in [-0.1, -0.05) is 12.1 Å². The van der Waals surface area contributed by atoms with E-state index in [1.807, 2.05) is 0 Å². The molecule has 3 aliphatic rings. The molecule has 7 heteroatoms. The van der Waals surface area contributed by atoms with Gasteiger partial charge in [0, 0.05) is 12.6 Å². The topological polar surface area (TPSA) is 67.6 Å². The molecule has 0 spiro atoms. The van der Waals surface area contributed by atoms with Gasteiger partial charge < -0.3 is 10.0 Å². The summed E-state index contributed by atoms with van der Waals surface area (Å²) >= 11 is 6.47. The molecule has 1 aromatic carbocycles. The van der Waals surface area contributed by atoms with Crippen LogP contribution in [0.2, 0.25) is 0 Å². The molecule has 150 valence electrons. The molecule has 2 saturated carbocycles. The number of fused-ring (bicyclic) bond motifs is 1. The SMILES string of the molecule is N#C[C@@H]1CCCN1C(=O)CN(Cl)C1C[C@@H]2C[C@](O)(c3ccc(F)cc3)C[C@@H]2C1. The van der Waals surface area contributed by atoms with E-state index in [1.165, 1.54) is 12.1 Å². The summed E-state index contributed by atoms with van der Waals surface area (Å²) in [6.45, 7) is 0.745. The van der Waals surface area contributed by atoms with E-state index in [0.29, 0.717) is 31.2 Å². The first-order chi connectivity index (χ1) is 13.4. The van der Waals surface area contributed by atoms with E-state index >= 15 is 0 Å². The maximum atomic E-state index is 13.2. The zero-order valence-corrected chi connectivity index (χ0v) is 16.5. The quantitative estimate of drug-likeness (QED) is 0.781. The number of nitriles is 1. The van der Waals surface area contributed by atoms with Crippen LogP contribution in [0.1, 0.15) is 44.1 Å². The summed E-state index contributed by atoms with van der Waals surface area (Å²) in [6.07, 6.45) is 4.56. The Morgan fingerprint density at radius 3 is 2.57 bits per heavy atom. The molecule has 1 N–H and O–H groups in total. The molecule has 1 saturated heterocycles. The van der Waals surface area contributed by atoms with E-state index in [1.54, 1.807) is 21.5 Å². The van der Waals surface area contributed by atoms with Crippen molar-refractivity contribution < 1.29 is 14.3 Å². The zero-order chi connectivity index (χ0) is 19.9. The number of carbonyl (C=O) groups is 1. The molecule has 1 amide bonds. The van der Waals surface area contributed by atoms with E-state index in [0.717, 1.165) is 31.2 Å². The fourth-order valence-electron chi connectivity index (χ4n) is 5.40. The lowest BCUT2D eigenvalue weighted by Crippen LogP contribution is -2.42. The fraction of sp³-hybridized carbons (Fsp3) is 0.619. The van der Waals surface area contributed by atoms with Crippen molar-refractivity contribution in [1.82, 2.24) is 9.32 Å². The number of likely N-dealkylation sites (tertiary alicyclic amines) is 1. The van der Waals surface area contributed by atoms with Crippen LogP contribution in [0.5, 0.6) is 0 Å². The van der Waals surface area contributed by atoms with Gasteiger partial charge in [-0.25, -0.2) is 8.81 Å². The highest BCUT2D eigenvalue weighted by molar-refractivity contribution is 6.14. The van der Waals surface area contributed by atoms with Crippen LogP contribution in [0.3, 0.4) is 0 Å². The van der Waals surface area contributed by atoms with Gasteiger partial charge in [-0.15, -0.1) is 0 Å². The van der Waals surface area contributed by atoms with E-state index in [-0.39, 0.29) is 30.4 Å². The van der Waals surface area contributed by atoms with E-state index in [9.17, 15) is 14.3 Å². The smallest absolute Gasteiger partial charge is 0.239 e. The lowest BCUT2D eigenvalue weighted by atomic mass is 9.89. The number of nitrogens with zero attached hydrogens (tertiary/aromatic N) is 3. The predicted octanol–water partition coefficient (Wildman–Crippen LogP) is 3.17. The third-order valence-corrected chi connectivity index (χ3v) is 7.20. The van der Waals surface area contributed by atoms with Crippen molar-refractivity contribution in [3.63, 3.8) is 0 Å². The van der Waals surface area contributed by atoms with Gasteiger partial charge >= 0.3 is 0 Å². The number of carbonyl (C=O) groups excluding carboxylic acids is 1. The number of rotatable bonds is 4. The summed E-state index contributed by atoms with van der Waals surface area (Å²) in [7, 11) is 0. The third-order valence-electron chi connectivity index (χ3n) is 6.80. The first-order valence-corrected chi connectivity index (χ1v) is 10.3. The van der Waals surface area contributed by atoms with Gasteiger partial charge in [0.25, 0.3) is 0 Å². The summed E-state index contributed by atoms with van der Waals surface area (Å²) in [6, 6.07) is 8.08. The fourth-order valence-corrected chi connectivity index (χ4v) is 5.67. The van der Waals surface area contributed by atoms with Gasteiger partial charge in [0.15, 0.2) is 0 Å². The molecule has 1 aliphatic heterocycles. The monoisotopic (exact) mass is 405 g/mol. The summed E-state index contributed by atoms with van der Waals surface area (Å²) in [4.78, 5) is 14.2. The molecule has 0 aromatic heterocycles. The molecule has 0 radical (unpaired) electrons. The van der Waals surface area contributed by atoms with Crippen molar-refractivity contribution in [2.75, 3.05) is 13.1 Å². The molecule has 0 bridgehead atoms. The van der Waals surface area contributed by atoms with Crippen LogP contribution < -0.4 is 0 Å². The van der Waals surface area contributed by atoms with Crippen molar-refractivity contribution in [3.05, 3.63) is 35.6 Å². The zero-order valence-electron chi connectivity index (χ0n) is 15.7. The van der Waals surface area contributed by atoms with Gasteiger partial charge in [0.05, 0.1) is 18.2 Å². The van der Waals surface area contributed by atoms with E-state index in [2.05, 4.69) is 6.07 Å².